The van der Waals surface area contributed by atoms with Crippen molar-refractivity contribution in [3.63, 3.8) is 0 Å². The Morgan fingerprint density at radius 2 is 1.89 bits per heavy atom. The Morgan fingerprint density at radius 3 is 2.44 bits per heavy atom. The fourth-order valence-electron chi connectivity index (χ4n) is 2.38. The van der Waals surface area contributed by atoms with Crippen LogP contribution in [-0.4, -0.2) is 65.8 Å². The zero-order chi connectivity index (χ0) is 12.8. The predicted octanol–water partition coefficient (Wildman–Crippen LogP) is 0.994. The zero-order valence-corrected chi connectivity index (χ0v) is 12.0. The molecule has 1 aromatic heterocycles. The normalized spacial score (nSPS) is 18.3. The highest BCUT2D eigenvalue weighted by Crippen LogP contribution is 2.10. The highest BCUT2D eigenvalue weighted by molar-refractivity contribution is 7.09. The third kappa shape index (κ3) is 4.31. The average molecular weight is 269 g/mol. The van der Waals surface area contributed by atoms with E-state index in [0.29, 0.717) is 0 Å². The van der Waals surface area contributed by atoms with Crippen molar-refractivity contribution < 1.29 is 5.11 Å². The van der Waals surface area contributed by atoms with Gasteiger partial charge in [0.2, 0.25) is 0 Å². The molecule has 0 atom stereocenters. The van der Waals surface area contributed by atoms with Crippen LogP contribution in [0.15, 0.2) is 5.38 Å². The Morgan fingerprint density at radius 1 is 1.22 bits per heavy atom. The summed E-state index contributed by atoms with van der Waals surface area (Å²) in [4.78, 5) is 9.35. The summed E-state index contributed by atoms with van der Waals surface area (Å²) >= 11 is 1.74. The van der Waals surface area contributed by atoms with Gasteiger partial charge in [0.1, 0.15) is 0 Å². The number of aliphatic hydroxyl groups excluding tert-OH is 1. The van der Waals surface area contributed by atoms with Crippen LogP contribution in [0.3, 0.4) is 0 Å². The van der Waals surface area contributed by atoms with Crippen molar-refractivity contribution in [3.8, 4) is 0 Å². The standard InChI is InChI=1S/C13H23N3OS/c1-12-14-13(11-18-12)3-2-4-15-5-7-16(8-6-15)9-10-17/h11,17H,2-10H2,1H3. The van der Waals surface area contributed by atoms with E-state index in [9.17, 15) is 0 Å². The number of nitrogens with zero attached hydrogens (tertiary/aromatic N) is 3. The van der Waals surface area contributed by atoms with Gasteiger partial charge in [-0.2, -0.15) is 0 Å². The molecule has 1 aliphatic heterocycles. The molecule has 2 heterocycles. The number of hydrogen-bond donors (Lipinski definition) is 1. The van der Waals surface area contributed by atoms with Crippen LogP contribution in [0.25, 0.3) is 0 Å². The van der Waals surface area contributed by atoms with Crippen LogP contribution in [0.4, 0.5) is 0 Å². The highest BCUT2D eigenvalue weighted by Gasteiger charge is 2.15. The summed E-state index contributed by atoms with van der Waals surface area (Å²) < 4.78 is 0. The van der Waals surface area contributed by atoms with E-state index in [1.807, 2.05) is 0 Å². The Bertz CT molecular complexity index is 348. The predicted molar refractivity (Wildman–Crippen MR) is 75.1 cm³/mol. The molecular weight excluding hydrogens is 246 g/mol. The fourth-order valence-corrected chi connectivity index (χ4v) is 3.03. The van der Waals surface area contributed by atoms with E-state index in [4.69, 9.17) is 5.11 Å². The molecule has 1 N–H and O–H groups in total. The number of β-amino-alcohol motifs (C(OH)–C–C–N with tert-alkyl or cyclic N) is 1. The van der Waals surface area contributed by atoms with Gasteiger partial charge in [0, 0.05) is 38.1 Å². The van der Waals surface area contributed by atoms with E-state index in [1.165, 1.54) is 23.7 Å². The van der Waals surface area contributed by atoms with Crippen LogP contribution in [0.1, 0.15) is 17.1 Å². The zero-order valence-electron chi connectivity index (χ0n) is 11.1. The van der Waals surface area contributed by atoms with Gasteiger partial charge in [-0.1, -0.05) is 0 Å². The summed E-state index contributed by atoms with van der Waals surface area (Å²) in [5.41, 5.74) is 1.25. The molecule has 0 bridgehead atoms. The number of thiazole rings is 1. The molecule has 1 aliphatic rings. The lowest BCUT2D eigenvalue weighted by atomic mass is 10.2. The molecule has 4 nitrogen and oxygen atoms in total. The number of hydrogen-bond acceptors (Lipinski definition) is 5. The van der Waals surface area contributed by atoms with Crippen LogP contribution in [0.2, 0.25) is 0 Å². The molecule has 1 aromatic rings. The number of rotatable bonds is 6. The molecular formula is C13H23N3OS. The van der Waals surface area contributed by atoms with Crippen LogP contribution in [-0.2, 0) is 6.42 Å². The molecule has 0 aromatic carbocycles. The lowest BCUT2D eigenvalue weighted by Gasteiger charge is -2.34. The summed E-state index contributed by atoms with van der Waals surface area (Å²) in [6.07, 6.45) is 2.30. The molecule has 0 aliphatic carbocycles. The summed E-state index contributed by atoms with van der Waals surface area (Å²) in [6, 6.07) is 0. The minimum absolute atomic E-state index is 0.281. The smallest absolute Gasteiger partial charge is 0.0897 e. The Hall–Kier alpha value is -0.490. The second-order valence-electron chi connectivity index (χ2n) is 4.87. The summed E-state index contributed by atoms with van der Waals surface area (Å²) in [7, 11) is 0. The number of aliphatic hydroxyl groups is 1. The first-order chi connectivity index (χ1) is 8.78. The van der Waals surface area contributed by atoms with Crippen LogP contribution < -0.4 is 0 Å². The van der Waals surface area contributed by atoms with Gasteiger partial charge in [-0.3, -0.25) is 4.90 Å². The maximum atomic E-state index is 8.89. The Labute approximate surface area is 113 Å². The number of aryl methyl sites for hydroxylation is 2. The largest absolute Gasteiger partial charge is 0.395 e. The third-order valence-electron chi connectivity index (χ3n) is 3.45. The molecule has 0 unspecified atom stereocenters. The van der Waals surface area contributed by atoms with E-state index < -0.39 is 0 Å². The van der Waals surface area contributed by atoms with Crippen LogP contribution in [0.5, 0.6) is 0 Å². The molecule has 0 amide bonds. The third-order valence-corrected chi connectivity index (χ3v) is 4.28. The molecule has 18 heavy (non-hydrogen) atoms. The minimum atomic E-state index is 0.281. The summed E-state index contributed by atoms with van der Waals surface area (Å²) in [6.45, 7) is 8.80. The summed E-state index contributed by atoms with van der Waals surface area (Å²) in [5, 5.41) is 12.2. The van der Waals surface area contributed by atoms with Crippen molar-refractivity contribution in [2.45, 2.75) is 19.8 Å². The topological polar surface area (TPSA) is 39.6 Å². The van der Waals surface area contributed by atoms with Gasteiger partial charge < -0.3 is 10.0 Å². The fraction of sp³-hybridized carbons (Fsp3) is 0.769. The van der Waals surface area contributed by atoms with Gasteiger partial charge >= 0.3 is 0 Å². The van der Waals surface area contributed by atoms with Gasteiger partial charge in [0.05, 0.1) is 17.3 Å². The van der Waals surface area contributed by atoms with E-state index >= 15 is 0 Å². The van der Waals surface area contributed by atoms with Crippen molar-refractivity contribution >= 4 is 11.3 Å². The van der Waals surface area contributed by atoms with Crippen molar-refractivity contribution in [1.82, 2.24) is 14.8 Å². The van der Waals surface area contributed by atoms with Crippen molar-refractivity contribution in [1.29, 1.82) is 0 Å². The van der Waals surface area contributed by atoms with Gasteiger partial charge in [-0.05, 0) is 26.3 Å². The monoisotopic (exact) mass is 269 g/mol. The van der Waals surface area contributed by atoms with Crippen LogP contribution in [0, 0.1) is 6.92 Å². The van der Waals surface area contributed by atoms with Gasteiger partial charge in [-0.15, -0.1) is 11.3 Å². The quantitative estimate of drug-likeness (QED) is 0.836. The lowest BCUT2D eigenvalue weighted by molar-refractivity contribution is 0.112. The second-order valence-corrected chi connectivity index (χ2v) is 5.93. The molecule has 5 heteroatoms. The van der Waals surface area contributed by atoms with E-state index in [0.717, 1.165) is 39.1 Å². The summed E-state index contributed by atoms with van der Waals surface area (Å²) in [5.74, 6) is 0. The molecule has 0 saturated carbocycles. The molecule has 1 fully saturated rings. The minimum Gasteiger partial charge on any atom is -0.395 e. The number of aromatic nitrogens is 1. The van der Waals surface area contributed by atoms with Crippen molar-refractivity contribution in [3.05, 3.63) is 16.1 Å². The SMILES string of the molecule is Cc1nc(CCCN2CCN(CCO)CC2)cs1. The van der Waals surface area contributed by atoms with E-state index in [-0.39, 0.29) is 6.61 Å². The van der Waals surface area contributed by atoms with Crippen molar-refractivity contribution in [2.75, 3.05) is 45.9 Å². The Balaban J connectivity index is 1.60. The molecule has 1 saturated heterocycles. The first-order valence-corrected chi connectivity index (χ1v) is 7.62. The second kappa shape index (κ2) is 7.19. The maximum absolute atomic E-state index is 8.89. The molecule has 102 valence electrons. The lowest BCUT2D eigenvalue weighted by Crippen LogP contribution is -2.47. The van der Waals surface area contributed by atoms with Crippen LogP contribution >= 0.6 is 11.3 Å². The van der Waals surface area contributed by atoms with Crippen molar-refractivity contribution in [2.24, 2.45) is 0 Å². The highest BCUT2D eigenvalue weighted by atomic mass is 32.1. The first-order valence-electron chi connectivity index (χ1n) is 6.74. The molecule has 2 rings (SSSR count). The average Bonchev–Trinajstić information content (AvgIpc) is 2.78. The van der Waals surface area contributed by atoms with Gasteiger partial charge in [0.15, 0.2) is 0 Å². The molecule has 0 spiro atoms. The van der Waals surface area contributed by atoms with Gasteiger partial charge in [-0.25, -0.2) is 4.98 Å². The number of piperazine rings is 1. The first kappa shape index (κ1) is 13.9. The van der Waals surface area contributed by atoms with E-state index in [2.05, 4.69) is 27.1 Å². The molecule has 0 radical (unpaired) electrons. The maximum Gasteiger partial charge on any atom is 0.0897 e. The Kier molecular flexibility index (Phi) is 5.56. The van der Waals surface area contributed by atoms with Gasteiger partial charge in [0.25, 0.3) is 0 Å². The van der Waals surface area contributed by atoms with E-state index in [1.54, 1.807) is 11.3 Å².